The minimum Gasteiger partial charge on any atom is -0.325 e. The van der Waals surface area contributed by atoms with Gasteiger partial charge in [-0.1, -0.05) is 24.3 Å². The van der Waals surface area contributed by atoms with E-state index in [9.17, 15) is 18.0 Å². The van der Waals surface area contributed by atoms with E-state index < -0.39 is 11.5 Å². The van der Waals surface area contributed by atoms with Crippen LogP contribution in [0.2, 0.25) is 0 Å². The zero-order valence-corrected chi connectivity index (χ0v) is 18.8. The summed E-state index contributed by atoms with van der Waals surface area (Å²) >= 11 is 0. The summed E-state index contributed by atoms with van der Waals surface area (Å²) in [6.07, 6.45) is 6.60. The van der Waals surface area contributed by atoms with Crippen LogP contribution >= 0.6 is 0 Å². The first-order valence-corrected chi connectivity index (χ1v) is 11.5. The number of amides is 2. The second kappa shape index (κ2) is 7.89. The fourth-order valence-corrected chi connectivity index (χ4v) is 6.36. The molecule has 3 aliphatic rings. The van der Waals surface area contributed by atoms with Crippen LogP contribution < -0.4 is 0 Å². The number of likely N-dealkylation sites (N-methyl/N-ethyl adjacent to an activating group) is 2. The molecule has 5 rings (SSSR count). The van der Waals surface area contributed by atoms with E-state index in [4.69, 9.17) is 0 Å². The van der Waals surface area contributed by atoms with Gasteiger partial charge in [0.25, 0.3) is 0 Å². The highest BCUT2D eigenvalue weighted by molar-refractivity contribution is 5.78. The predicted octanol–water partition coefficient (Wildman–Crippen LogP) is 5.71. The third-order valence-electron chi connectivity index (χ3n) is 7.92. The van der Waals surface area contributed by atoms with Crippen LogP contribution in [0, 0.1) is 23.6 Å². The maximum absolute atomic E-state index is 14.2. The lowest BCUT2D eigenvalue weighted by atomic mass is 9.75. The summed E-state index contributed by atoms with van der Waals surface area (Å²) in [5.74, 6) is -2.91. The molecule has 33 heavy (non-hydrogen) atoms. The van der Waals surface area contributed by atoms with Gasteiger partial charge in [-0.15, -0.1) is 0 Å². The van der Waals surface area contributed by atoms with Crippen molar-refractivity contribution >= 4 is 12.1 Å². The van der Waals surface area contributed by atoms with Gasteiger partial charge in [-0.3, -0.25) is 4.98 Å². The van der Waals surface area contributed by atoms with Gasteiger partial charge in [0.05, 0.1) is 11.2 Å². The Kier molecular flexibility index (Phi) is 5.26. The van der Waals surface area contributed by atoms with E-state index in [1.54, 1.807) is 36.2 Å². The Morgan fingerprint density at radius 1 is 1.12 bits per heavy atom. The van der Waals surface area contributed by atoms with Gasteiger partial charge >= 0.3 is 6.03 Å². The Bertz CT molecular complexity index is 1090. The first-order chi connectivity index (χ1) is 15.7. The van der Waals surface area contributed by atoms with Gasteiger partial charge in [0.2, 0.25) is 5.92 Å². The van der Waals surface area contributed by atoms with E-state index in [2.05, 4.69) is 11.1 Å². The van der Waals surface area contributed by atoms with E-state index >= 15 is 0 Å². The summed E-state index contributed by atoms with van der Waals surface area (Å²) < 4.78 is 41.9. The van der Waals surface area contributed by atoms with Crippen molar-refractivity contribution in [3.8, 4) is 11.1 Å². The number of nitrogens with zero attached hydrogens (tertiary/aromatic N) is 3. The normalized spacial score (nSPS) is 31.1. The molecule has 1 aromatic carbocycles. The van der Waals surface area contributed by atoms with Gasteiger partial charge in [0.1, 0.15) is 5.82 Å². The van der Waals surface area contributed by atoms with Crippen molar-refractivity contribution in [2.75, 3.05) is 20.6 Å². The summed E-state index contributed by atoms with van der Waals surface area (Å²) in [6, 6.07) is 10.1. The lowest BCUT2D eigenvalue weighted by Crippen LogP contribution is -2.48. The summed E-state index contributed by atoms with van der Waals surface area (Å²) in [5.41, 5.74) is 1.85. The number of fused-ring (bicyclic) bond motifs is 1. The fourth-order valence-electron chi connectivity index (χ4n) is 6.36. The number of benzene rings is 1. The Morgan fingerprint density at radius 3 is 2.61 bits per heavy atom. The topological polar surface area (TPSA) is 36.4 Å². The molecule has 0 radical (unpaired) electrons. The molecule has 1 saturated heterocycles. The van der Waals surface area contributed by atoms with Gasteiger partial charge in [-0.05, 0) is 54.5 Å². The lowest BCUT2D eigenvalue weighted by Gasteiger charge is -2.37. The van der Waals surface area contributed by atoms with E-state index in [-0.39, 0.29) is 42.4 Å². The maximum Gasteiger partial charge on any atom is 0.320 e. The molecule has 0 bridgehead atoms. The maximum atomic E-state index is 14.2. The molecule has 1 aromatic heterocycles. The zero-order valence-electron chi connectivity index (χ0n) is 18.8. The van der Waals surface area contributed by atoms with Crippen molar-refractivity contribution in [2.45, 2.75) is 37.1 Å². The third-order valence-corrected chi connectivity index (χ3v) is 7.92. The van der Waals surface area contributed by atoms with Crippen molar-refractivity contribution in [2.24, 2.45) is 17.8 Å². The van der Waals surface area contributed by atoms with Crippen molar-refractivity contribution in [3.63, 3.8) is 0 Å². The van der Waals surface area contributed by atoms with Crippen LogP contribution in [0.4, 0.5) is 18.0 Å². The van der Waals surface area contributed by atoms with Crippen molar-refractivity contribution in [1.29, 1.82) is 0 Å². The highest BCUT2D eigenvalue weighted by atomic mass is 19.3. The second-order valence-corrected chi connectivity index (χ2v) is 9.90. The molecule has 2 aromatic rings. The SMILES string of the molecule is CN1CC2(C[C@H]3CC(F)(F)CC[C@H]3[C@@H]2/C=C/c2ccc(-c3cccc(F)c3)cn2)N(C)C1=O. The largest absolute Gasteiger partial charge is 0.325 e. The molecule has 2 heterocycles. The number of hydrogen-bond acceptors (Lipinski definition) is 2. The molecule has 2 aliphatic carbocycles. The molecule has 2 saturated carbocycles. The minimum absolute atomic E-state index is 0.0119. The molecular formula is C26H28F3N3O. The first-order valence-electron chi connectivity index (χ1n) is 11.5. The van der Waals surface area contributed by atoms with Crippen LogP contribution in [0.5, 0.6) is 0 Å². The van der Waals surface area contributed by atoms with Crippen molar-refractivity contribution in [1.82, 2.24) is 14.8 Å². The van der Waals surface area contributed by atoms with Crippen LogP contribution in [-0.2, 0) is 0 Å². The monoisotopic (exact) mass is 455 g/mol. The summed E-state index contributed by atoms with van der Waals surface area (Å²) in [5, 5.41) is 0. The molecule has 4 nitrogen and oxygen atoms in total. The Balaban J connectivity index is 1.43. The van der Waals surface area contributed by atoms with Crippen molar-refractivity contribution in [3.05, 3.63) is 60.2 Å². The molecule has 4 atom stereocenters. The molecule has 2 amide bonds. The van der Waals surface area contributed by atoms with Crippen LogP contribution in [-0.4, -0.2) is 52.9 Å². The number of hydrogen-bond donors (Lipinski definition) is 0. The predicted molar refractivity (Wildman–Crippen MR) is 121 cm³/mol. The number of pyridine rings is 1. The number of alkyl halides is 2. The van der Waals surface area contributed by atoms with Gasteiger partial charge in [0.15, 0.2) is 0 Å². The summed E-state index contributed by atoms with van der Waals surface area (Å²) in [7, 11) is 3.58. The molecule has 174 valence electrons. The van der Waals surface area contributed by atoms with Crippen LogP contribution in [0.25, 0.3) is 17.2 Å². The molecule has 0 N–H and O–H groups in total. The van der Waals surface area contributed by atoms with E-state index in [0.29, 0.717) is 19.4 Å². The van der Waals surface area contributed by atoms with Crippen molar-refractivity contribution < 1.29 is 18.0 Å². The van der Waals surface area contributed by atoms with Gasteiger partial charge in [0, 0.05) is 51.2 Å². The molecule has 3 fully saturated rings. The number of aromatic nitrogens is 1. The average molecular weight is 456 g/mol. The Labute approximate surface area is 192 Å². The highest BCUT2D eigenvalue weighted by Crippen LogP contribution is 2.58. The quantitative estimate of drug-likeness (QED) is 0.595. The summed E-state index contributed by atoms with van der Waals surface area (Å²) in [6.45, 7) is 0.544. The first kappa shape index (κ1) is 22.0. The lowest BCUT2D eigenvalue weighted by molar-refractivity contribution is -0.0659. The average Bonchev–Trinajstić information content (AvgIpc) is 3.19. The minimum atomic E-state index is -2.62. The molecule has 7 heteroatoms. The Hall–Kier alpha value is -2.83. The van der Waals surface area contributed by atoms with E-state index in [1.807, 2.05) is 24.3 Å². The molecule has 1 spiro atoms. The Morgan fingerprint density at radius 2 is 1.94 bits per heavy atom. The zero-order chi connectivity index (χ0) is 23.4. The standard InChI is InChI=1S/C26H28F3N3O/c1-31-16-25(32(2)24(31)33)13-19-14-26(28,29)11-10-22(19)23(25)9-8-21-7-6-18(15-30-21)17-4-3-5-20(27)12-17/h3-9,12,15,19,22-23H,10-11,13-14,16H2,1-2H3/b9-8+/t19-,22+,23-,25?/m0/s1. The second-order valence-electron chi connectivity index (χ2n) is 9.90. The van der Waals surface area contributed by atoms with E-state index in [1.165, 1.54) is 12.1 Å². The fraction of sp³-hybridized carbons (Fsp3) is 0.462. The number of urea groups is 1. The van der Waals surface area contributed by atoms with Gasteiger partial charge in [-0.2, -0.15) is 0 Å². The smallest absolute Gasteiger partial charge is 0.320 e. The van der Waals surface area contributed by atoms with E-state index in [0.717, 1.165) is 16.8 Å². The number of rotatable bonds is 3. The van der Waals surface area contributed by atoms with Crippen LogP contribution in [0.3, 0.4) is 0 Å². The number of carbonyl (C=O) groups is 1. The van der Waals surface area contributed by atoms with Gasteiger partial charge in [-0.25, -0.2) is 18.0 Å². The summed E-state index contributed by atoms with van der Waals surface area (Å²) in [4.78, 5) is 20.6. The molecule has 1 aliphatic heterocycles. The molecule has 1 unspecified atom stereocenters. The highest BCUT2D eigenvalue weighted by Gasteiger charge is 2.62. The number of carbonyl (C=O) groups excluding carboxylic acids is 1. The van der Waals surface area contributed by atoms with Crippen LogP contribution in [0.15, 0.2) is 48.7 Å². The molecular weight excluding hydrogens is 427 g/mol. The van der Waals surface area contributed by atoms with Gasteiger partial charge < -0.3 is 9.80 Å². The third kappa shape index (κ3) is 3.81. The number of halogens is 3. The van der Waals surface area contributed by atoms with Crippen LogP contribution in [0.1, 0.15) is 31.4 Å².